The largest absolute Gasteiger partial charge is 0.329 e. The van der Waals surface area contributed by atoms with E-state index in [4.69, 9.17) is 11.6 Å². The first-order valence-electron chi connectivity index (χ1n) is 10.4. The Morgan fingerprint density at radius 3 is 2.24 bits per heavy atom. The van der Waals surface area contributed by atoms with Crippen molar-refractivity contribution in [3.05, 3.63) is 89.2 Å². The lowest BCUT2D eigenvalue weighted by molar-refractivity contribution is 0.248. The number of sulfonamides is 1. The molecule has 0 saturated heterocycles. The molecule has 1 atom stereocenters. The summed E-state index contributed by atoms with van der Waals surface area (Å²) in [5, 5.41) is 6.34. The highest BCUT2D eigenvalue weighted by Crippen LogP contribution is 2.20. The summed E-state index contributed by atoms with van der Waals surface area (Å²) in [7, 11) is -3.65. The van der Waals surface area contributed by atoms with Gasteiger partial charge in [-0.2, -0.15) is 0 Å². The first kappa shape index (κ1) is 24.7. The van der Waals surface area contributed by atoms with Gasteiger partial charge < -0.3 is 10.6 Å². The lowest BCUT2D eigenvalue weighted by atomic mass is 10.0. The summed E-state index contributed by atoms with van der Waals surface area (Å²) in [5.74, 6) is 0. The van der Waals surface area contributed by atoms with Crippen LogP contribution in [0.1, 0.15) is 38.1 Å². The highest BCUT2D eigenvalue weighted by Gasteiger charge is 2.22. The van der Waals surface area contributed by atoms with Gasteiger partial charge in [0, 0.05) is 22.4 Å². The summed E-state index contributed by atoms with van der Waals surface area (Å²) in [4.78, 5) is 17.2. The molecule has 2 aromatic carbocycles. The number of hydrogen-bond donors (Lipinski definition) is 3. The zero-order valence-electron chi connectivity index (χ0n) is 18.7. The highest BCUT2D eigenvalue weighted by atomic mass is 35.5. The second-order valence-electron chi connectivity index (χ2n) is 8.62. The quantitative estimate of drug-likeness (QED) is 0.441. The van der Waals surface area contributed by atoms with Crippen molar-refractivity contribution in [3.8, 4) is 0 Å². The van der Waals surface area contributed by atoms with Gasteiger partial charge in [0.15, 0.2) is 0 Å². The van der Waals surface area contributed by atoms with Crippen LogP contribution >= 0.6 is 11.6 Å². The Labute approximate surface area is 199 Å². The van der Waals surface area contributed by atoms with E-state index < -0.39 is 21.6 Å². The van der Waals surface area contributed by atoms with Crippen molar-refractivity contribution in [2.24, 2.45) is 0 Å². The maximum atomic E-state index is 12.7. The van der Waals surface area contributed by atoms with Crippen molar-refractivity contribution in [1.29, 1.82) is 0 Å². The molecule has 1 unspecified atom stereocenters. The maximum absolute atomic E-state index is 12.7. The third-order valence-corrected chi connectivity index (χ3v) is 6.59. The number of carbonyl (C=O) groups is 1. The van der Waals surface area contributed by atoms with Crippen LogP contribution in [0.5, 0.6) is 0 Å². The number of halogens is 1. The second kappa shape index (κ2) is 10.3. The van der Waals surface area contributed by atoms with E-state index >= 15 is 0 Å². The van der Waals surface area contributed by atoms with Crippen LogP contribution in [0.2, 0.25) is 5.02 Å². The molecule has 3 aromatic rings. The number of nitrogens with zero attached hydrogens (tertiary/aromatic N) is 1. The molecule has 3 N–H and O–H groups in total. The minimum atomic E-state index is -3.65. The monoisotopic (exact) mass is 486 g/mol. The molecular formula is C24H27ClN4O3S. The fourth-order valence-electron chi connectivity index (χ4n) is 3.17. The van der Waals surface area contributed by atoms with Crippen molar-refractivity contribution in [2.75, 3.05) is 5.32 Å². The van der Waals surface area contributed by atoms with E-state index in [0.29, 0.717) is 17.1 Å². The third-order valence-electron chi connectivity index (χ3n) is 4.57. The predicted molar refractivity (Wildman–Crippen MR) is 131 cm³/mol. The van der Waals surface area contributed by atoms with Crippen LogP contribution in [0.4, 0.5) is 10.5 Å². The minimum absolute atomic E-state index is 0.123. The lowest BCUT2D eigenvalue weighted by Gasteiger charge is -2.20. The second-order valence-corrected chi connectivity index (χ2v) is 10.7. The number of amides is 2. The van der Waals surface area contributed by atoms with Crippen molar-refractivity contribution in [3.63, 3.8) is 0 Å². The summed E-state index contributed by atoms with van der Waals surface area (Å²) in [6, 6.07) is 18.1. The fourth-order valence-corrected chi connectivity index (χ4v) is 4.72. The Morgan fingerprint density at radius 1 is 1.00 bits per heavy atom. The molecule has 3 rings (SSSR count). The molecule has 0 fully saturated rings. The molecule has 0 aliphatic heterocycles. The molecular weight excluding hydrogens is 460 g/mol. The molecule has 0 aliphatic carbocycles. The van der Waals surface area contributed by atoms with Crippen LogP contribution < -0.4 is 15.4 Å². The molecule has 0 aliphatic rings. The summed E-state index contributed by atoms with van der Waals surface area (Å²) in [6.07, 6.45) is 2.20. The molecule has 33 heavy (non-hydrogen) atoms. The van der Waals surface area contributed by atoms with E-state index in [1.54, 1.807) is 51.2 Å². The Hall–Kier alpha value is -2.94. The molecule has 9 heteroatoms. The number of nitrogens with one attached hydrogen (secondary N) is 3. The van der Waals surface area contributed by atoms with Gasteiger partial charge >= 0.3 is 6.03 Å². The average molecular weight is 487 g/mol. The highest BCUT2D eigenvalue weighted by molar-refractivity contribution is 7.89. The van der Waals surface area contributed by atoms with Gasteiger partial charge in [-0.15, -0.1) is 0 Å². The van der Waals surface area contributed by atoms with Gasteiger partial charge in [-0.3, -0.25) is 4.98 Å². The summed E-state index contributed by atoms with van der Waals surface area (Å²) < 4.78 is 27.5. The van der Waals surface area contributed by atoms with E-state index in [1.165, 1.54) is 12.1 Å². The Bertz CT molecular complexity index is 1180. The van der Waals surface area contributed by atoms with Crippen LogP contribution in [-0.4, -0.2) is 25.0 Å². The molecule has 174 valence electrons. The first-order valence-corrected chi connectivity index (χ1v) is 12.2. The van der Waals surface area contributed by atoms with Crippen molar-refractivity contribution in [2.45, 2.75) is 43.7 Å². The Balaban J connectivity index is 1.70. The SMILES string of the molecule is CC(C)(C)NS(=O)(=O)c1ccc(NC(=O)NC(Cc2ccc(Cl)cc2)c2ccccn2)cc1. The number of benzene rings is 2. The molecule has 0 bridgehead atoms. The van der Waals surface area contributed by atoms with Crippen LogP contribution in [0.25, 0.3) is 0 Å². The van der Waals surface area contributed by atoms with E-state index in [9.17, 15) is 13.2 Å². The molecule has 1 aromatic heterocycles. The van der Waals surface area contributed by atoms with Crippen LogP contribution in [0.3, 0.4) is 0 Å². The number of anilines is 1. The third kappa shape index (κ3) is 7.56. The van der Waals surface area contributed by atoms with Gasteiger partial charge in [-0.1, -0.05) is 29.8 Å². The zero-order chi connectivity index (χ0) is 24.1. The van der Waals surface area contributed by atoms with Gasteiger partial charge in [-0.05, 0) is 81.3 Å². The van der Waals surface area contributed by atoms with Gasteiger partial charge in [0.05, 0.1) is 16.6 Å². The number of urea groups is 1. The summed E-state index contributed by atoms with van der Waals surface area (Å²) in [6.45, 7) is 5.31. The van der Waals surface area contributed by atoms with E-state index in [2.05, 4.69) is 20.3 Å². The minimum Gasteiger partial charge on any atom is -0.329 e. The average Bonchev–Trinajstić information content (AvgIpc) is 2.74. The fraction of sp³-hybridized carbons (Fsp3) is 0.250. The number of rotatable bonds is 7. The summed E-state index contributed by atoms with van der Waals surface area (Å²) >= 11 is 5.98. The number of hydrogen-bond acceptors (Lipinski definition) is 4. The van der Waals surface area contributed by atoms with Crippen molar-refractivity contribution < 1.29 is 13.2 Å². The Kier molecular flexibility index (Phi) is 7.73. The van der Waals surface area contributed by atoms with Gasteiger partial charge in [-0.25, -0.2) is 17.9 Å². The van der Waals surface area contributed by atoms with Crippen LogP contribution in [-0.2, 0) is 16.4 Å². The number of pyridine rings is 1. The molecule has 1 heterocycles. The van der Waals surface area contributed by atoms with E-state index in [-0.39, 0.29) is 10.9 Å². The summed E-state index contributed by atoms with van der Waals surface area (Å²) in [5.41, 5.74) is 1.59. The van der Waals surface area contributed by atoms with Crippen molar-refractivity contribution in [1.82, 2.24) is 15.0 Å². The predicted octanol–water partition coefficient (Wildman–Crippen LogP) is 4.92. The molecule has 0 saturated carbocycles. The van der Waals surface area contributed by atoms with E-state index in [0.717, 1.165) is 11.3 Å². The van der Waals surface area contributed by atoms with Gasteiger partial charge in [0.25, 0.3) is 0 Å². The number of carbonyl (C=O) groups excluding carboxylic acids is 1. The lowest BCUT2D eigenvalue weighted by Crippen LogP contribution is -2.40. The van der Waals surface area contributed by atoms with Crippen LogP contribution in [0.15, 0.2) is 77.8 Å². The molecule has 0 radical (unpaired) electrons. The van der Waals surface area contributed by atoms with E-state index in [1.807, 2.05) is 30.3 Å². The Morgan fingerprint density at radius 2 is 1.67 bits per heavy atom. The van der Waals surface area contributed by atoms with Crippen LogP contribution in [0, 0.1) is 0 Å². The number of aromatic nitrogens is 1. The molecule has 7 nitrogen and oxygen atoms in total. The molecule has 2 amide bonds. The standard InChI is InChI=1S/C24H27ClN4O3S/c1-24(2,3)29-33(31,32)20-13-11-19(12-14-20)27-23(30)28-22(21-6-4-5-15-26-21)16-17-7-9-18(25)10-8-17/h4-15,22,29H,16H2,1-3H3,(H2,27,28,30). The zero-order valence-corrected chi connectivity index (χ0v) is 20.2. The first-order chi connectivity index (χ1) is 15.5. The maximum Gasteiger partial charge on any atom is 0.319 e. The molecule has 0 spiro atoms. The smallest absolute Gasteiger partial charge is 0.319 e. The normalized spacial score (nSPS) is 12.7. The topological polar surface area (TPSA) is 100 Å². The van der Waals surface area contributed by atoms with Gasteiger partial charge in [0.2, 0.25) is 10.0 Å². The van der Waals surface area contributed by atoms with Gasteiger partial charge in [0.1, 0.15) is 0 Å². The van der Waals surface area contributed by atoms with Crippen molar-refractivity contribution >= 4 is 33.3 Å².